The van der Waals surface area contributed by atoms with E-state index in [1.54, 1.807) is 6.20 Å². The molecule has 2 rings (SSSR count). The summed E-state index contributed by atoms with van der Waals surface area (Å²) in [5, 5.41) is 10.3. The summed E-state index contributed by atoms with van der Waals surface area (Å²) < 4.78 is 10.8. The van der Waals surface area contributed by atoms with E-state index in [1.165, 1.54) is 0 Å². The second-order valence-corrected chi connectivity index (χ2v) is 11.4. The molecule has 1 N–H and O–H groups in total. The monoisotopic (exact) mass is 309 g/mol. The molecule has 1 aliphatic heterocycles. The van der Waals surface area contributed by atoms with Crippen LogP contribution in [0.25, 0.3) is 0 Å². The van der Waals surface area contributed by atoms with Gasteiger partial charge in [0.15, 0.2) is 0 Å². The van der Waals surface area contributed by atoms with Crippen LogP contribution in [0.2, 0.25) is 19.6 Å². The minimum absolute atomic E-state index is 0.117. The zero-order chi connectivity index (χ0) is 15.7. The number of hydrogen-bond acceptors (Lipinski definition) is 5. The highest BCUT2D eigenvalue weighted by molar-refractivity contribution is 6.88. The van der Waals surface area contributed by atoms with Gasteiger partial charge in [0.2, 0.25) is 0 Å². The van der Waals surface area contributed by atoms with Crippen molar-refractivity contribution in [3.8, 4) is 0 Å². The Morgan fingerprint density at radius 3 is 2.76 bits per heavy atom. The van der Waals surface area contributed by atoms with E-state index in [2.05, 4.69) is 24.6 Å². The molecule has 0 spiro atoms. The predicted octanol–water partition coefficient (Wildman–Crippen LogP) is 1.65. The van der Waals surface area contributed by atoms with E-state index >= 15 is 0 Å². The fourth-order valence-electron chi connectivity index (χ4n) is 2.64. The highest BCUT2D eigenvalue weighted by atomic mass is 28.3. The largest absolute Gasteiger partial charge is 0.461 e. The van der Waals surface area contributed by atoms with Crippen LogP contribution in [0.5, 0.6) is 0 Å². The Hall–Kier alpha value is -1.24. The van der Waals surface area contributed by atoms with Crippen LogP contribution in [-0.2, 0) is 26.5 Å². The molecule has 116 valence electrons. The summed E-state index contributed by atoms with van der Waals surface area (Å²) in [5.74, 6) is -0.309. The third-order valence-electron chi connectivity index (χ3n) is 3.98. The smallest absolute Gasteiger partial charge is 0.309 e. The Labute approximate surface area is 126 Å². The van der Waals surface area contributed by atoms with E-state index in [0.717, 1.165) is 16.4 Å². The van der Waals surface area contributed by atoms with Gasteiger partial charge in [0.1, 0.15) is 27.1 Å². The number of carbonyl (C=O) groups is 1. The molecule has 1 aromatic rings. The van der Waals surface area contributed by atoms with Crippen molar-refractivity contribution in [2.75, 3.05) is 6.79 Å². The number of esters is 1. The fraction of sp³-hybridized carbons (Fsp3) is 0.600. The van der Waals surface area contributed by atoms with Gasteiger partial charge in [-0.1, -0.05) is 26.6 Å². The molecule has 0 saturated carbocycles. The second kappa shape index (κ2) is 5.86. The van der Waals surface area contributed by atoms with E-state index in [9.17, 15) is 9.90 Å². The maximum atomic E-state index is 11.9. The summed E-state index contributed by atoms with van der Waals surface area (Å²) in [5.41, 5.74) is 0.963. The lowest BCUT2D eigenvalue weighted by Gasteiger charge is -2.32. The van der Waals surface area contributed by atoms with E-state index < -0.39 is 20.5 Å². The molecule has 2 heterocycles. The normalized spacial score (nSPS) is 22.4. The minimum Gasteiger partial charge on any atom is -0.461 e. The molecule has 5 nitrogen and oxygen atoms in total. The maximum Gasteiger partial charge on any atom is 0.309 e. The van der Waals surface area contributed by atoms with Gasteiger partial charge in [0.05, 0.1) is 6.42 Å². The topological polar surface area (TPSA) is 68.7 Å². The summed E-state index contributed by atoms with van der Waals surface area (Å²) >= 11 is 0. The zero-order valence-corrected chi connectivity index (χ0v) is 14.1. The minimum atomic E-state index is -1.58. The number of ether oxygens (including phenoxy) is 2. The number of aliphatic hydroxyl groups is 1. The Morgan fingerprint density at radius 2 is 2.19 bits per heavy atom. The highest BCUT2D eigenvalue weighted by Crippen LogP contribution is 2.37. The lowest BCUT2D eigenvalue weighted by atomic mass is 9.86. The third kappa shape index (κ3) is 3.17. The van der Waals surface area contributed by atoms with Crippen molar-refractivity contribution in [3.05, 3.63) is 23.4 Å². The SMILES string of the molecule is CC[C@@]1(OCO)CC(=O)OCc2cnc([Si](C)(C)C)cc21. The first kappa shape index (κ1) is 16.1. The number of rotatable bonds is 4. The van der Waals surface area contributed by atoms with Crippen molar-refractivity contribution in [1.82, 2.24) is 4.98 Å². The average molecular weight is 309 g/mol. The Bertz CT molecular complexity index is 541. The van der Waals surface area contributed by atoms with Gasteiger partial charge in [-0.15, -0.1) is 0 Å². The summed E-state index contributed by atoms with van der Waals surface area (Å²) in [7, 11) is -1.58. The van der Waals surface area contributed by atoms with Crippen LogP contribution in [0.1, 0.15) is 30.9 Å². The number of carbonyl (C=O) groups excluding carboxylic acids is 1. The van der Waals surface area contributed by atoms with Crippen molar-refractivity contribution in [1.29, 1.82) is 0 Å². The van der Waals surface area contributed by atoms with Crippen molar-refractivity contribution >= 4 is 19.4 Å². The average Bonchev–Trinajstić information content (AvgIpc) is 2.56. The molecule has 0 bridgehead atoms. The molecule has 6 heteroatoms. The number of aliphatic hydroxyl groups excluding tert-OH is 1. The molecule has 0 unspecified atom stereocenters. The Kier molecular flexibility index (Phi) is 4.51. The van der Waals surface area contributed by atoms with Gasteiger partial charge in [-0.25, -0.2) is 0 Å². The molecule has 0 fully saturated rings. The quantitative estimate of drug-likeness (QED) is 0.520. The molecule has 0 aliphatic carbocycles. The van der Waals surface area contributed by atoms with E-state index in [1.807, 2.05) is 13.0 Å². The first-order chi connectivity index (χ1) is 9.82. The second-order valence-electron chi connectivity index (χ2n) is 6.44. The Balaban J connectivity index is 2.60. The number of fused-ring (bicyclic) bond motifs is 1. The molecule has 0 amide bonds. The highest BCUT2D eigenvalue weighted by Gasteiger charge is 2.40. The predicted molar refractivity (Wildman–Crippen MR) is 81.8 cm³/mol. The van der Waals surface area contributed by atoms with Gasteiger partial charge in [0, 0.05) is 17.1 Å². The lowest BCUT2D eigenvalue weighted by molar-refractivity contribution is -0.161. The van der Waals surface area contributed by atoms with Crippen molar-refractivity contribution in [2.24, 2.45) is 0 Å². The first-order valence-electron chi connectivity index (χ1n) is 7.23. The van der Waals surface area contributed by atoms with Crippen LogP contribution in [0.15, 0.2) is 12.3 Å². The van der Waals surface area contributed by atoms with Gasteiger partial charge in [-0.05, 0) is 18.1 Å². The van der Waals surface area contributed by atoms with Gasteiger partial charge >= 0.3 is 5.97 Å². The van der Waals surface area contributed by atoms with Gasteiger partial charge in [0.25, 0.3) is 0 Å². The van der Waals surface area contributed by atoms with Crippen LogP contribution < -0.4 is 5.32 Å². The standard InChI is InChI=1S/C15H23NO4Si/c1-5-15(20-10-17)7-14(18)19-9-11-8-16-13(6-12(11)15)21(2,3)4/h6,8,17H,5,7,9-10H2,1-4H3/t15-/m1/s1. The Morgan fingerprint density at radius 1 is 1.48 bits per heavy atom. The molecule has 0 aromatic carbocycles. The van der Waals surface area contributed by atoms with Gasteiger partial charge in [-0.2, -0.15) is 0 Å². The molecule has 0 radical (unpaired) electrons. The van der Waals surface area contributed by atoms with Crippen LogP contribution in [0.4, 0.5) is 0 Å². The lowest BCUT2D eigenvalue weighted by Crippen LogP contribution is -2.42. The number of cyclic esters (lactones) is 1. The molecule has 1 aromatic heterocycles. The summed E-state index contributed by atoms with van der Waals surface area (Å²) in [6.07, 6.45) is 2.49. The molecule has 0 saturated heterocycles. The summed E-state index contributed by atoms with van der Waals surface area (Å²) in [6.45, 7) is 8.41. The molecular weight excluding hydrogens is 286 g/mol. The number of aromatic nitrogens is 1. The number of pyridine rings is 1. The molecule has 21 heavy (non-hydrogen) atoms. The zero-order valence-electron chi connectivity index (χ0n) is 13.1. The molecule has 1 aliphatic rings. The van der Waals surface area contributed by atoms with Crippen LogP contribution >= 0.6 is 0 Å². The van der Waals surface area contributed by atoms with Crippen molar-refractivity contribution in [2.45, 2.75) is 51.6 Å². The van der Waals surface area contributed by atoms with Gasteiger partial charge < -0.3 is 14.6 Å². The van der Waals surface area contributed by atoms with Gasteiger partial charge in [-0.3, -0.25) is 9.78 Å². The van der Waals surface area contributed by atoms with E-state index in [-0.39, 0.29) is 19.0 Å². The molecular formula is C15H23NO4Si. The summed E-state index contributed by atoms with van der Waals surface area (Å²) in [6, 6.07) is 2.04. The number of nitrogens with zero attached hydrogens (tertiary/aromatic N) is 1. The summed E-state index contributed by atoms with van der Waals surface area (Å²) in [4.78, 5) is 16.4. The maximum absolute atomic E-state index is 11.9. The van der Waals surface area contributed by atoms with Crippen LogP contribution in [-0.4, -0.2) is 30.9 Å². The van der Waals surface area contributed by atoms with E-state index in [0.29, 0.717) is 6.42 Å². The van der Waals surface area contributed by atoms with Crippen LogP contribution in [0.3, 0.4) is 0 Å². The fourth-order valence-corrected chi connectivity index (χ4v) is 3.67. The van der Waals surface area contributed by atoms with Crippen molar-refractivity contribution < 1.29 is 19.4 Å². The number of hydrogen-bond donors (Lipinski definition) is 1. The first-order valence-corrected chi connectivity index (χ1v) is 10.7. The van der Waals surface area contributed by atoms with E-state index in [4.69, 9.17) is 9.47 Å². The molecule has 1 atom stereocenters. The van der Waals surface area contributed by atoms with Crippen LogP contribution in [0, 0.1) is 0 Å². The third-order valence-corrected chi connectivity index (χ3v) is 5.79. The van der Waals surface area contributed by atoms with Crippen molar-refractivity contribution in [3.63, 3.8) is 0 Å².